The number of methoxy groups -OCH3 is 1. The molecule has 4 heteroatoms. The summed E-state index contributed by atoms with van der Waals surface area (Å²) in [4.78, 5) is 0. The zero-order valence-electron chi connectivity index (χ0n) is 13.5. The Labute approximate surface area is 127 Å². The van der Waals surface area contributed by atoms with Gasteiger partial charge in [0.25, 0.3) is 0 Å². The second-order valence-electron chi connectivity index (χ2n) is 5.43. The lowest BCUT2D eigenvalue weighted by Crippen LogP contribution is -2.60. The third-order valence-corrected chi connectivity index (χ3v) is 4.06. The van der Waals surface area contributed by atoms with Gasteiger partial charge in [-0.3, -0.25) is 0 Å². The molecule has 0 heterocycles. The van der Waals surface area contributed by atoms with Gasteiger partial charge in [-0.1, -0.05) is 12.1 Å². The molecule has 0 aliphatic heterocycles. The van der Waals surface area contributed by atoms with Gasteiger partial charge in [0.05, 0.1) is 18.8 Å². The molecule has 1 saturated carbocycles. The van der Waals surface area contributed by atoms with Crippen LogP contribution in [-0.2, 0) is 9.47 Å². The first-order valence-electron chi connectivity index (χ1n) is 7.82. The van der Waals surface area contributed by atoms with E-state index in [1.807, 2.05) is 26.0 Å². The van der Waals surface area contributed by atoms with Crippen LogP contribution in [0.1, 0.15) is 38.8 Å². The Bertz CT molecular complexity index is 421. The van der Waals surface area contributed by atoms with Crippen molar-refractivity contribution < 1.29 is 14.2 Å². The van der Waals surface area contributed by atoms with Crippen LogP contribution in [0.4, 0.5) is 0 Å². The van der Waals surface area contributed by atoms with Crippen LogP contribution in [0.5, 0.6) is 5.75 Å². The van der Waals surface area contributed by atoms with E-state index >= 15 is 0 Å². The molecule has 0 saturated heterocycles. The summed E-state index contributed by atoms with van der Waals surface area (Å²) in [6, 6.07) is 8.91. The van der Waals surface area contributed by atoms with Gasteiger partial charge in [0.1, 0.15) is 5.75 Å². The normalized spacial score (nSPS) is 26.2. The summed E-state index contributed by atoms with van der Waals surface area (Å²) in [5.74, 6) is 0.920. The summed E-state index contributed by atoms with van der Waals surface area (Å²) in [6.45, 7) is 7.63. The zero-order valence-corrected chi connectivity index (χ0v) is 13.5. The summed E-state index contributed by atoms with van der Waals surface area (Å²) in [7, 11) is 1.76. The highest BCUT2D eigenvalue weighted by atomic mass is 16.5. The van der Waals surface area contributed by atoms with Gasteiger partial charge in [0, 0.05) is 25.8 Å². The van der Waals surface area contributed by atoms with Crippen LogP contribution in [0.15, 0.2) is 24.3 Å². The standard InChI is InChI=1S/C17H27NO3/c1-5-20-14-9-7-13(8-10-14)12(3)18-15-11-16(21-6-2)17(15)19-4/h7-10,12,15-18H,5-6,11H2,1-4H3. The van der Waals surface area contributed by atoms with Crippen LogP contribution >= 0.6 is 0 Å². The van der Waals surface area contributed by atoms with E-state index in [9.17, 15) is 0 Å². The molecule has 1 fully saturated rings. The van der Waals surface area contributed by atoms with Crippen LogP contribution < -0.4 is 10.1 Å². The molecular weight excluding hydrogens is 266 g/mol. The molecule has 4 unspecified atom stereocenters. The number of ether oxygens (including phenoxy) is 3. The predicted octanol–water partition coefficient (Wildman–Crippen LogP) is 2.93. The van der Waals surface area contributed by atoms with Crippen molar-refractivity contribution in [3.8, 4) is 5.75 Å². The van der Waals surface area contributed by atoms with Gasteiger partial charge in [-0.25, -0.2) is 0 Å². The minimum Gasteiger partial charge on any atom is -0.494 e. The van der Waals surface area contributed by atoms with E-state index in [2.05, 4.69) is 24.4 Å². The van der Waals surface area contributed by atoms with Crippen LogP contribution in [0.25, 0.3) is 0 Å². The highest BCUT2D eigenvalue weighted by Gasteiger charge is 2.42. The molecule has 2 rings (SSSR count). The molecule has 0 spiro atoms. The molecule has 1 aromatic rings. The first-order chi connectivity index (χ1) is 10.2. The van der Waals surface area contributed by atoms with Crippen molar-refractivity contribution in [3.05, 3.63) is 29.8 Å². The quantitative estimate of drug-likeness (QED) is 0.800. The molecule has 1 aliphatic carbocycles. The van der Waals surface area contributed by atoms with Crippen molar-refractivity contribution in [2.45, 2.75) is 51.5 Å². The van der Waals surface area contributed by atoms with Crippen LogP contribution in [-0.4, -0.2) is 38.6 Å². The van der Waals surface area contributed by atoms with Gasteiger partial charge < -0.3 is 19.5 Å². The second kappa shape index (κ2) is 7.78. The fourth-order valence-electron chi connectivity index (χ4n) is 2.87. The Hall–Kier alpha value is -1.10. The number of hydrogen-bond donors (Lipinski definition) is 1. The van der Waals surface area contributed by atoms with Crippen molar-refractivity contribution in [2.75, 3.05) is 20.3 Å². The molecule has 118 valence electrons. The average Bonchev–Trinajstić information content (AvgIpc) is 2.47. The SMILES string of the molecule is CCOc1ccc(C(C)NC2CC(OCC)C2OC)cc1. The third-order valence-electron chi connectivity index (χ3n) is 4.06. The lowest BCUT2D eigenvalue weighted by molar-refractivity contribution is -0.133. The maximum atomic E-state index is 5.66. The molecule has 1 aliphatic rings. The van der Waals surface area contributed by atoms with Gasteiger partial charge in [0.2, 0.25) is 0 Å². The van der Waals surface area contributed by atoms with Gasteiger partial charge in [-0.15, -0.1) is 0 Å². The Morgan fingerprint density at radius 2 is 1.90 bits per heavy atom. The monoisotopic (exact) mass is 293 g/mol. The summed E-state index contributed by atoms with van der Waals surface area (Å²) in [5, 5.41) is 3.63. The number of rotatable bonds is 8. The highest BCUT2D eigenvalue weighted by Crippen LogP contribution is 2.29. The summed E-state index contributed by atoms with van der Waals surface area (Å²) < 4.78 is 16.7. The van der Waals surface area contributed by atoms with Gasteiger partial charge >= 0.3 is 0 Å². The molecule has 4 atom stereocenters. The lowest BCUT2D eigenvalue weighted by atomic mass is 9.84. The van der Waals surface area contributed by atoms with Crippen LogP contribution in [0.2, 0.25) is 0 Å². The third kappa shape index (κ3) is 3.96. The van der Waals surface area contributed by atoms with E-state index in [1.165, 1.54) is 5.56 Å². The molecule has 4 nitrogen and oxygen atoms in total. The van der Waals surface area contributed by atoms with Crippen molar-refractivity contribution in [3.63, 3.8) is 0 Å². The van der Waals surface area contributed by atoms with E-state index in [1.54, 1.807) is 7.11 Å². The Kier molecular flexibility index (Phi) is 6.03. The molecule has 0 aromatic heterocycles. The molecule has 1 N–H and O–H groups in total. The smallest absolute Gasteiger partial charge is 0.119 e. The molecule has 0 amide bonds. The maximum Gasteiger partial charge on any atom is 0.119 e. The van der Waals surface area contributed by atoms with Crippen molar-refractivity contribution in [1.82, 2.24) is 5.32 Å². The number of benzene rings is 1. The summed E-state index contributed by atoms with van der Waals surface area (Å²) in [5.41, 5.74) is 1.26. The van der Waals surface area contributed by atoms with E-state index in [0.29, 0.717) is 12.6 Å². The molecular formula is C17H27NO3. The maximum absolute atomic E-state index is 5.66. The molecule has 1 aromatic carbocycles. The van der Waals surface area contributed by atoms with E-state index in [4.69, 9.17) is 14.2 Å². The average molecular weight is 293 g/mol. The van der Waals surface area contributed by atoms with Gasteiger partial charge in [0.15, 0.2) is 0 Å². The minimum absolute atomic E-state index is 0.148. The molecule has 0 radical (unpaired) electrons. The first-order valence-corrected chi connectivity index (χ1v) is 7.82. The van der Waals surface area contributed by atoms with Crippen LogP contribution in [0.3, 0.4) is 0 Å². The first kappa shape index (κ1) is 16.3. The summed E-state index contributed by atoms with van der Waals surface area (Å²) in [6.07, 6.45) is 1.38. The fourth-order valence-corrected chi connectivity index (χ4v) is 2.87. The lowest BCUT2D eigenvalue weighted by Gasteiger charge is -2.44. The number of hydrogen-bond acceptors (Lipinski definition) is 4. The Morgan fingerprint density at radius 3 is 2.48 bits per heavy atom. The Morgan fingerprint density at radius 1 is 1.19 bits per heavy atom. The topological polar surface area (TPSA) is 39.7 Å². The van der Waals surface area contributed by atoms with E-state index in [-0.39, 0.29) is 18.2 Å². The van der Waals surface area contributed by atoms with Crippen molar-refractivity contribution in [1.29, 1.82) is 0 Å². The van der Waals surface area contributed by atoms with Crippen LogP contribution in [0, 0.1) is 0 Å². The molecule has 21 heavy (non-hydrogen) atoms. The largest absolute Gasteiger partial charge is 0.494 e. The van der Waals surface area contributed by atoms with Gasteiger partial charge in [-0.05, 0) is 44.9 Å². The molecule has 0 bridgehead atoms. The zero-order chi connectivity index (χ0) is 15.2. The second-order valence-corrected chi connectivity index (χ2v) is 5.43. The van der Waals surface area contributed by atoms with Gasteiger partial charge in [-0.2, -0.15) is 0 Å². The summed E-state index contributed by atoms with van der Waals surface area (Å²) >= 11 is 0. The fraction of sp³-hybridized carbons (Fsp3) is 0.647. The van der Waals surface area contributed by atoms with Crippen molar-refractivity contribution in [2.24, 2.45) is 0 Å². The highest BCUT2D eigenvalue weighted by molar-refractivity contribution is 5.29. The Balaban J connectivity index is 1.88. The number of nitrogens with one attached hydrogen (secondary N) is 1. The van der Waals surface area contributed by atoms with Crippen molar-refractivity contribution >= 4 is 0 Å². The minimum atomic E-state index is 0.148. The van der Waals surface area contributed by atoms with E-state index in [0.717, 1.165) is 18.8 Å². The van der Waals surface area contributed by atoms with E-state index < -0.39 is 0 Å². The predicted molar refractivity (Wildman–Crippen MR) is 83.8 cm³/mol.